The van der Waals surface area contributed by atoms with Gasteiger partial charge in [-0.2, -0.15) is 5.10 Å². The van der Waals surface area contributed by atoms with Gasteiger partial charge >= 0.3 is 0 Å². The maximum absolute atomic E-state index is 4.71. The van der Waals surface area contributed by atoms with E-state index in [1.165, 1.54) is 37.9 Å². The third-order valence-electron chi connectivity index (χ3n) is 4.62. The van der Waals surface area contributed by atoms with Gasteiger partial charge in [0.1, 0.15) is 0 Å². The Labute approximate surface area is 146 Å². The fourth-order valence-electron chi connectivity index (χ4n) is 3.22. The summed E-state index contributed by atoms with van der Waals surface area (Å²) in [6.07, 6.45) is 10.2. The number of aryl methyl sites for hydroxylation is 1. The lowest BCUT2D eigenvalue weighted by Crippen LogP contribution is -2.39. The summed E-state index contributed by atoms with van der Waals surface area (Å²) in [5.74, 6) is 0.924. The highest BCUT2D eigenvalue weighted by Gasteiger charge is 2.16. The summed E-state index contributed by atoms with van der Waals surface area (Å²) in [5, 5.41) is 10.9. The second-order valence-corrected chi connectivity index (χ2v) is 6.69. The van der Waals surface area contributed by atoms with Crippen molar-refractivity contribution in [1.29, 1.82) is 0 Å². The molecule has 1 unspecified atom stereocenters. The number of hydrogen-bond acceptors (Lipinski definition) is 3. The Morgan fingerprint density at radius 1 is 1.38 bits per heavy atom. The van der Waals surface area contributed by atoms with Gasteiger partial charge in [-0.3, -0.25) is 9.67 Å². The Hall–Kier alpha value is -1.56. The van der Waals surface area contributed by atoms with E-state index in [1.54, 1.807) is 0 Å². The van der Waals surface area contributed by atoms with Crippen molar-refractivity contribution in [2.24, 2.45) is 12.0 Å². The van der Waals surface area contributed by atoms with Crippen LogP contribution in [-0.4, -0.2) is 59.4 Å². The molecule has 24 heavy (non-hydrogen) atoms. The van der Waals surface area contributed by atoms with Gasteiger partial charge in [-0.05, 0) is 51.6 Å². The molecule has 1 aromatic rings. The van der Waals surface area contributed by atoms with E-state index in [4.69, 9.17) is 4.99 Å². The molecule has 6 heteroatoms. The first-order chi connectivity index (χ1) is 11.7. The van der Waals surface area contributed by atoms with Crippen molar-refractivity contribution in [3.8, 4) is 0 Å². The number of rotatable bonds is 8. The SMILES string of the molecule is CCNC(=NCCCN1CCCCC1C)NCCc1cnn(C)c1. The topological polar surface area (TPSA) is 57.5 Å². The highest BCUT2D eigenvalue weighted by atomic mass is 15.2. The number of nitrogens with zero attached hydrogens (tertiary/aromatic N) is 4. The van der Waals surface area contributed by atoms with Crippen molar-refractivity contribution < 1.29 is 0 Å². The van der Waals surface area contributed by atoms with Crippen LogP contribution >= 0.6 is 0 Å². The molecule has 2 rings (SSSR count). The molecule has 1 atom stereocenters. The molecule has 0 bridgehead atoms. The Balaban J connectivity index is 1.67. The van der Waals surface area contributed by atoms with E-state index in [9.17, 15) is 0 Å². The summed E-state index contributed by atoms with van der Waals surface area (Å²) >= 11 is 0. The fraction of sp³-hybridized carbons (Fsp3) is 0.778. The summed E-state index contributed by atoms with van der Waals surface area (Å²) in [6, 6.07) is 0.744. The van der Waals surface area contributed by atoms with Crippen molar-refractivity contribution in [3.63, 3.8) is 0 Å². The van der Waals surface area contributed by atoms with Crippen LogP contribution in [0.25, 0.3) is 0 Å². The average Bonchev–Trinajstić information content (AvgIpc) is 2.98. The quantitative estimate of drug-likeness (QED) is 0.432. The molecular weight excluding hydrogens is 300 g/mol. The van der Waals surface area contributed by atoms with Crippen molar-refractivity contribution in [2.75, 3.05) is 32.7 Å². The summed E-state index contributed by atoms with van der Waals surface area (Å²) in [6.45, 7) is 9.53. The summed E-state index contributed by atoms with van der Waals surface area (Å²) < 4.78 is 1.84. The van der Waals surface area contributed by atoms with Crippen LogP contribution in [0, 0.1) is 0 Å². The Morgan fingerprint density at radius 3 is 2.96 bits per heavy atom. The van der Waals surface area contributed by atoms with Crippen LogP contribution in [0.1, 0.15) is 45.1 Å². The Kier molecular flexibility index (Phi) is 8.08. The van der Waals surface area contributed by atoms with Gasteiger partial charge in [0.2, 0.25) is 0 Å². The standard InChI is InChI=1S/C18H34N6/c1-4-19-18(21-11-9-17-14-22-23(3)15-17)20-10-7-13-24-12-6-5-8-16(24)2/h14-16H,4-13H2,1-3H3,(H2,19,20,21). The minimum absolute atomic E-state index is 0.744. The average molecular weight is 335 g/mol. The molecule has 2 N–H and O–H groups in total. The first-order valence-electron chi connectivity index (χ1n) is 9.42. The normalized spacial score (nSPS) is 19.5. The number of aliphatic imine (C=N–C) groups is 1. The molecule has 136 valence electrons. The molecule has 1 saturated heterocycles. The molecule has 1 aliphatic heterocycles. The van der Waals surface area contributed by atoms with Crippen LogP contribution < -0.4 is 10.6 Å². The van der Waals surface area contributed by atoms with Crippen molar-refractivity contribution in [1.82, 2.24) is 25.3 Å². The van der Waals surface area contributed by atoms with Gasteiger partial charge in [-0.25, -0.2) is 0 Å². The van der Waals surface area contributed by atoms with E-state index in [0.29, 0.717) is 0 Å². The lowest BCUT2D eigenvalue weighted by Gasteiger charge is -2.33. The fourth-order valence-corrected chi connectivity index (χ4v) is 3.22. The number of likely N-dealkylation sites (tertiary alicyclic amines) is 1. The van der Waals surface area contributed by atoms with Crippen LogP contribution in [0.5, 0.6) is 0 Å². The van der Waals surface area contributed by atoms with E-state index in [0.717, 1.165) is 44.5 Å². The minimum atomic E-state index is 0.744. The summed E-state index contributed by atoms with van der Waals surface area (Å²) in [4.78, 5) is 7.32. The minimum Gasteiger partial charge on any atom is -0.357 e. The van der Waals surface area contributed by atoms with Crippen LogP contribution in [-0.2, 0) is 13.5 Å². The molecule has 1 aliphatic rings. The largest absolute Gasteiger partial charge is 0.357 e. The third kappa shape index (κ3) is 6.51. The van der Waals surface area contributed by atoms with Crippen LogP contribution in [0.2, 0.25) is 0 Å². The highest BCUT2D eigenvalue weighted by Crippen LogP contribution is 2.16. The number of guanidine groups is 1. The van der Waals surface area contributed by atoms with Crippen molar-refractivity contribution >= 4 is 5.96 Å². The van der Waals surface area contributed by atoms with Gasteiger partial charge in [-0.15, -0.1) is 0 Å². The van der Waals surface area contributed by atoms with Gasteiger partial charge in [0.25, 0.3) is 0 Å². The van der Waals surface area contributed by atoms with Crippen molar-refractivity contribution in [2.45, 2.75) is 52.0 Å². The number of piperidine rings is 1. The predicted molar refractivity (Wildman–Crippen MR) is 100 cm³/mol. The molecular formula is C18H34N6. The van der Waals surface area contributed by atoms with Crippen LogP contribution in [0.15, 0.2) is 17.4 Å². The van der Waals surface area contributed by atoms with E-state index in [1.807, 2.05) is 17.9 Å². The summed E-state index contributed by atoms with van der Waals surface area (Å²) in [7, 11) is 1.95. The van der Waals surface area contributed by atoms with E-state index >= 15 is 0 Å². The zero-order valence-corrected chi connectivity index (χ0v) is 15.6. The number of aromatic nitrogens is 2. The van der Waals surface area contributed by atoms with Gasteiger partial charge in [0.15, 0.2) is 5.96 Å². The van der Waals surface area contributed by atoms with Crippen molar-refractivity contribution in [3.05, 3.63) is 18.0 Å². The van der Waals surface area contributed by atoms with Gasteiger partial charge in [0, 0.05) is 45.5 Å². The molecule has 0 saturated carbocycles. The smallest absolute Gasteiger partial charge is 0.191 e. The number of hydrogen-bond donors (Lipinski definition) is 2. The maximum Gasteiger partial charge on any atom is 0.191 e. The summed E-state index contributed by atoms with van der Waals surface area (Å²) in [5.41, 5.74) is 1.25. The molecule has 2 heterocycles. The monoisotopic (exact) mass is 334 g/mol. The number of nitrogens with one attached hydrogen (secondary N) is 2. The lowest BCUT2D eigenvalue weighted by molar-refractivity contribution is 0.160. The van der Waals surface area contributed by atoms with Crippen LogP contribution in [0.3, 0.4) is 0 Å². The molecule has 0 aromatic carbocycles. The first kappa shape index (κ1) is 18.8. The second-order valence-electron chi connectivity index (χ2n) is 6.69. The molecule has 0 radical (unpaired) electrons. The van der Waals surface area contributed by atoms with E-state index in [-0.39, 0.29) is 0 Å². The highest BCUT2D eigenvalue weighted by molar-refractivity contribution is 5.79. The van der Waals surface area contributed by atoms with Gasteiger partial charge < -0.3 is 15.5 Å². The van der Waals surface area contributed by atoms with Crippen LogP contribution in [0.4, 0.5) is 0 Å². The second kappa shape index (κ2) is 10.3. The van der Waals surface area contributed by atoms with E-state index < -0.39 is 0 Å². The molecule has 1 aromatic heterocycles. The zero-order valence-electron chi connectivity index (χ0n) is 15.6. The molecule has 6 nitrogen and oxygen atoms in total. The Morgan fingerprint density at radius 2 is 2.25 bits per heavy atom. The predicted octanol–water partition coefficient (Wildman–Crippen LogP) is 1.78. The molecule has 0 amide bonds. The molecule has 1 fully saturated rings. The third-order valence-corrected chi connectivity index (χ3v) is 4.62. The van der Waals surface area contributed by atoms with Gasteiger partial charge in [0.05, 0.1) is 6.20 Å². The molecule has 0 spiro atoms. The first-order valence-corrected chi connectivity index (χ1v) is 9.42. The Bertz CT molecular complexity index is 495. The van der Waals surface area contributed by atoms with Gasteiger partial charge in [-0.1, -0.05) is 6.42 Å². The molecule has 0 aliphatic carbocycles. The maximum atomic E-state index is 4.71. The lowest BCUT2D eigenvalue weighted by atomic mass is 10.0. The van der Waals surface area contributed by atoms with E-state index in [2.05, 4.69) is 40.7 Å². The zero-order chi connectivity index (χ0) is 17.2.